The van der Waals surface area contributed by atoms with E-state index in [1.54, 1.807) is 0 Å². The smallest absolute Gasteiger partial charge is 0.335 e. The van der Waals surface area contributed by atoms with Crippen LogP contribution in [-0.2, 0) is 0 Å². The number of nitro benzene ring substituents is 1. The minimum Gasteiger partial charge on any atom is -0.507 e. The normalized spacial score (nSPS) is 10.5. The summed E-state index contributed by atoms with van der Waals surface area (Å²) in [5, 5.41) is 33.2. The molecule has 3 aromatic rings. The Morgan fingerprint density at radius 3 is 2.50 bits per heavy atom. The first kappa shape index (κ1) is 15.2. The number of carboxylic acids is 1. The Hall–Kier alpha value is -3.75. The third-order valence-electron chi connectivity index (χ3n) is 3.24. The van der Waals surface area contributed by atoms with Gasteiger partial charge in [0.05, 0.1) is 16.1 Å². The molecule has 2 aromatic carbocycles. The van der Waals surface area contributed by atoms with Crippen LogP contribution in [0.2, 0.25) is 0 Å². The molecule has 0 saturated heterocycles. The number of non-ortho nitro benzene ring substituents is 1. The summed E-state index contributed by atoms with van der Waals surface area (Å²) >= 11 is 0. The van der Waals surface area contributed by atoms with Crippen LogP contribution in [0.25, 0.3) is 22.8 Å². The van der Waals surface area contributed by atoms with Crippen LogP contribution in [-0.4, -0.2) is 31.2 Å². The second kappa shape index (κ2) is 5.80. The highest BCUT2D eigenvalue weighted by Crippen LogP contribution is 2.30. The maximum atomic E-state index is 11.0. The largest absolute Gasteiger partial charge is 0.507 e. The van der Waals surface area contributed by atoms with Crippen LogP contribution in [0.4, 0.5) is 5.69 Å². The van der Waals surface area contributed by atoms with Gasteiger partial charge in [-0.25, -0.2) is 4.79 Å². The number of carbonyl (C=O) groups is 1. The lowest BCUT2D eigenvalue weighted by atomic mass is 10.1. The summed E-state index contributed by atoms with van der Waals surface area (Å²) in [5.41, 5.74) is 0.440. The molecule has 1 aromatic heterocycles. The van der Waals surface area contributed by atoms with Crippen molar-refractivity contribution in [1.29, 1.82) is 0 Å². The van der Waals surface area contributed by atoms with Gasteiger partial charge in [0.15, 0.2) is 0 Å². The van der Waals surface area contributed by atoms with Gasteiger partial charge in [0, 0.05) is 17.7 Å². The van der Waals surface area contributed by atoms with Gasteiger partial charge in [0.25, 0.3) is 11.6 Å². The maximum Gasteiger partial charge on any atom is 0.335 e. The summed E-state index contributed by atoms with van der Waals surface area (Å²) in [5.74, 6) is -1.27. The minimum absolute atomic E-state index is 0.00366. The van der Waals surface area contributed by atoms with Gasteiger partial charge in [-0.15, -0.1) is 0 Å². The Kier molecular flexibility index (Phi) is 3.66. The van der Waals surface area contributed by atoms with Crippen LogP contribution in [0.1, 0.15) is 10.4 Å². The molecule has 0 bridgehead atoms. The topological polar surface area (TPSA) is 140 Å². The molecule has 0 saturated carbocycles. The van der Waals surface area contributed by atoms with Crippen molar-refractivity contribution in [3.63, 3.8) is 0 Å². The van der Waals surface area contributed by atoms with Crippen molar-refractivity contribution in [3.8, 4) is 28.6 Å². The first-order valence-electron chi connectivity index (χ1n) is 6.61. The first-order valence-corrected chi connectivity index (χ1v) is 6.61. The van der Waals surface area contributed by atoms with E-state index in [0.717, 1.165) is 0 Å². The van der Waals surface area contributed by atoms with Crippen molar-refractivity contribution in [2.24, 2.45) is 0 Å². The quantitative estimate of drug-likeness (QED) is 0.550. The van der Waals surface area contributed by atoms with Gasteiger partial charge in [-0.05, 0) is 30.3 Å². The number of carboxylic acid groups (broad SMARTS) is 1. The summed E-state index contributed by atoms with van der Waals surface area (Å²) in [6.45, 7) is 0. The molecule has 0 unspecified atom stereocenters. The Morgan fingerprint density at radius 1 is 1.17 bits per heavy atom. The monoisotopic (exact) mass is 327 g/mol. The summed E-state index contributed by atoms with van der Waals surface area (Å²) in [6.07, 6.45) is 0. The second-order valence-electron chi connectivity index (χ2n) is 4.76. The van der Waals surface area contributed by atoms with Gasteiger partial charge in [-0.3, -0.25) is 10.1 Å². The number of phenolic OH excluding ortho intramolecular Hbond substituents is 1. The minimum atomic E-state index is -1.16. The molecule has 9 heteroatoms. The highest BCUT2D eigenvalue weighted by atomic mass is 16.6. The lowest BCUT2D eigenvalue weighted by molar-refractivity contribution is -0.384. The highest BCUT2D eigenvalue weighted by Gasteiger charge is 2.16. The fourth-order valence-corrected chi connectivity index (χ4v) is 2.02. The maximum absolute atomic E-state index is 11.0. The number of phenols is 1. The molecule has 3 rings (SSSR count). The molecule has 0 radical (unpaired) electrons. The molecule has 9 nitrogen and oxygen atoms in total. The number of aromatic nitrogens is 2. The van der Waals surface area contributed by atoms with E-state index in [1.165, 1.54) is 42.5 Å². The predicted octanol–water partition coefficient (Wildman–Crippen LogP) is 2.72. The molecule has 2 N–H and O–H groups in total. The zero-order chi connectivity index (χ0) is 17.3. The van der Waals surface area contributed by atoms with E-state index in [4.69, 9.17) is 9.63 Å². The molecule has 0 aliphatic heterocycles. The van der Waals surface area contributed by atoms with Crippen molar-refractivity contribution in [3.05, 3.63) is 58.1 Å². The molecule has 0 amide bonds. The van der Waals surface area contributed by atoms with Crippen LogP contribution >= 0.6 is 0 Å². The number of hydrogen-bond acceptors (Lipinski definition) is 7. The predicted molar refractivity (Wildman–Crippen MR) is 80.4 cm³/mol. The van der Waals surface area contributed by atoms with Crippen molar-refractivity contribution >= 4 is 11.7 Å². The molecule has 24 heavy (non-hydrogen) atoms. The van der Waals surface area contributed by atoms with Gasteiger partial charge < -0.3 is 14.7 Å². The molecule has 0 aliphatic rings. The van der Waals surface area contributed by atoms with Gasteiger partial charge in [0.1, 0.15) is 5.75 Å². The van der Waals surface area contributed by atoms with E-state index in [-0.39, 0.29) is 34.3 Å². The fourth-order valence-electron chi connectivity index (χ4n) is 2.02. The lowest BCUT2D eigenvalue weighted by Crippen LogP contribution is -1.96. The lowest BCUT2D eigenvalue weighted by Gasteiger charge is -2.01. The SMILES string of the molecule is O=C(O)c1ccc(O)c(-c2noc(-c3ccc([N+](=O)[O-])cc3)n2)c1. The molecule has 0 aliphatic carbocycles. The number of hydrogen-bond donors (Lipinski definition) is 2. The van der Waals surface area contributed by atoms with Crippen molar-refractivity contribution in [2.45, 2.75) is 0 Å². The number of aromatic hydroxyl groups is 1. The van der Waals surface area contributed by atoms with E-state index < -0.39 is 10.9 Å². The Bertz CT molecular complexity index is 933. The summed E-state index contributed by atoms with van der Waals surface area (Å²) in [4.78, 5) is 25.2. The average Bonchev–Trinajstić information content (AvgIpc) is 3.05. The van der Waals surface area contributed by atoms with E-state index in [9.17, 15) is 20.0 Å². The van der Waals surface area contributed by atoms with Gasteiger partial charge in [0.2, 0.25) is 5.82 Å². The molecule has 0 fully saturated rings. The number of rotatable bonds is 4. The standard InChI is InChI=1S/C15H9N3O6/c19-12-6-3-9(15(20)21)7-11(12)13-16-14(24-17-13)8-1-4-10(5-2-8)18(22)23/h1-7,19H,(H,20,21). The molecule has 0 atom stereocenters. The zero-order valence-electron chi connectivity index (χ0n) is 11.9. The van der Waals surface area contributed by atoms with E-state index in [2.05, 4.69) is 10.1 Å². The fraction of sp³-hybridized carbons (Fsp3) is 0. The van der Waals surface area contributed by atoms with Crippen LogP contribution in [0.5, 0.6) is 5.75 Å². The average molecular weight is 327 g/mol. The molecule has 1 heterocycles. The van der Waals surface area contributed by atoms with Crippen LogP contribution in [0.3, 0.4) is 0 Å². The number of aromatic carboxylic acids is 1. The number of nitrogens with zero attached hydrogens (tertiary/aromatic N) is 3. The second-order valence-corrected chi connectivity index (χ2v) is 4.76. The van der Waals surface area contributed by atoms with E-state index in [0.29, 0.717) is 5.56 Å². The van der Waals surface area contributed by atoms with Crippen LogP contribution < -0.4 is 0 Å². The zero-order valence-corrected chi connectivity index (χ0v) is 11.9. The Morgan fingerprint density at radius 2 is 1.88 bits per heavy atom. The molecular formula is C15H9N3O6. The molecular weight excluding hydrogens is 318 g/mol. The third kappa shape index (κ3) is 2.77. The highest BCUT2D eigenvalue weighted by molar-refractivity contribution is 5.90. The third-order valence-corrected chi connectivity index (χ3v) is 3.24. The Balaban J connectivity index is 1.97. The van der Waals surface area contributed by atoms with Crippen LogP contribution in [0, 0.1) is 10.1 Å². The number of benzene rings is 2. The number of nitro groups is 1. The van der Waals surface area contributed by atoms with Gasteiger partial charge in [-0.1, -0.05) is 5.16 Å². The van der Waals surface area contributed by atoms with Crippen molar-refractivity contribution in [2.75, 3.05) is 0 Å². The molecule has 0 spiro atoms. The van der Waals surface area contributed by atoms with E-state index in [1.807, 2.05) is 0 Å². The van der Waals surface area contributed by atoms with Gasteiger partial charge in [-0.2, -0.15) is 4.98 Å². The summed E-state index contributed by atoms with van der Waals surface area (Å²) in [7, 11) is 0. The van der Waals surface area contributed by atoms with Gasteiger partial charge >= 0.3 is 5.97 Å². The van der Waals surface area contributed by atoms with E-state index >= 15 is 0 Å². The van der Waals surface area contributed by atoms with Crippen molar-refractivity contribution in [1.82, 2.24) is 10.1 Å². The Labute approximate surface area is 133 Å². The molecule has 120 valence electrons. The summed E-state index contributed by atoms with van der Waals surface area (Å²) in [6, 6.07) is 9.18. The van der Waals surface area contributed by atoms with Crippen LogP contribution in [0.15, 0.2) is 47.0 Å². The first-order chi connectivity index (χ1) is 11.5. The summed E-state index contributed by atoms with van der Waals surface area (Å²) < 4.78 is 5.07. The van der Waals surface area contributed by atoms with Crippen molar-refractivity contribution < 1.29 is 24.5 Å².